The van der Waals surface area contributed by atoms with Crippen LogP contribution in [0.15, 0.2) is 59.6 Å². The van der Waals surface area contributed by atoms with E-state index in [4.69, 9.17) is 11.6 Å². The molecule has 1 aliphatic heterocycles. The summed E-state index contributed by atoms with van der Waals surface area (Å²) in [5.74, 6) is -0.372. The van der Waals surface area contributed by atoms with Gasteiger partial charge in [0.1, 0.15) is 4.90 Å². The van der Waals surface area contributed by atoms with E-state index in [0.717, 1.165) is 24.9 Å². The highest BCUT2D eigenvalue weighted by Crippen LogP contribution is 2.29. The molecule has 0 unspecified atom stereocenters. The van der Waals surface area contributed by atoms with Gasteiger partial charge in [0, 0.05) is 18.8 Å². The first-order valence-corrected chi connectivity index (χ1v) is 11.9. The minimum absolute atomic E-state index is 0.00516. The molecule has 1 aromatic heterocycles. The molecule has 31 heavy (non-hydrogen) atoms. The first kappa shape index (κ1) is 21.5. The highest BCUT2D eigenvalue weighted by Gasteiger charge is 2.28. The van der Waals surface area contributed by atoms with Gasteiger partial charge in [0.15, 0.2) is 0 Å². The molecule has 0 spiro atoms. The van der Waals surface area contributed by atoms with Crippen LogP contribution in [0.4, 0.5) is 5.69 Å². The molecule has 7 nitrogen and oxygen atoms in total. The number of hydrogen-bond donors (Lipinski definition) is 1. The maximum Gasteiger partial charge on any atom is 0.259 e. The van der Waals surface area contributed by atoms with E-state index < -0.39 is 10.0 Å². The van der Waals surface area contributed by atoms with Crippen molar-refractivity contribution in [1.29, 1.82) is 0 Å². The number of para-hydroxylation sites is 1. The second kappa shape index (κ2) is 8.82. The maximum atomic E-state index is 13.0. The number of nitrogens with one attached hydrogen (secondary N) is 1. The molecule has 0 bridgehead atoms. The minimum Gasteiger partial charge on any atom is -0.322 e. The third kappa shape index (κ3) is 4.37. The smallest absolute Gasteiger partial charge is 0.259 e. The Morgan fingerprint density at radius 1 is 1.06 bits per heavy atom. The van der Waals surface area contributed by atoms with Crippen molar-refractivity contribution in [1.82, 2.24) is 14.1 Å². The molecule has 4 rings (SSSR count). The van der Waals surface area contributed by atoms with E-state index in [1.165, 1.54) is 22.6 Å². The number of benzene rings is 2. The number of aromatic nitrogens is 2. The van der Waals surface area contributed by atoms with Gasteiger partial charge in [-0.3, -0.25) is 4.79 Å². The number of hydrogen-bond acceptors (Lipinski definition) is 4. The highest BCUT2D eigenvalue weighted by molar-refractivity contribution is 7.89. The Labute approximate surface area is 186 Å². The van der Waals surface area contributed by atoms with Crippen LogP contribution in [0.3, 0.4) is 0 Å². The van der Waals surface area contributed by atoms with Crippen LogP contribution in [0.5, 0.6) is 0 Å². The molecule has 1 saturated heterocycles. The molecule has 0 radical (unpaired) electrons. The van der Waals surface area contributed by atoms with Crippen LogP contribution >= 0.6 is 11.6 Å². The molecule has 9 heteroatoms. The van der Waals surface area contributed by atoms with Gasteiger partial charge < -0.3 is 5.32 Å². The number of amides is 1. The molecule has 1 fully saturated rings. The van der Waals surface area contributed by atoms with Gasteiger partial charge in [-0.05, 0) is 50.1 Å². The zero-order valence-corrected chi connectivity index (χ0v) is 18.7. The fourth-order valence-corrected chi connectivity index (χ4v) is 5.70. The molecule has 0 atom stereocenters. The summed E-state index contributed by atoms with van der Waals surface area (Å²) in [6.45, 7) is 2.77. The highest BCUT2D eigenvalue weighted by atomic mass is 35.5. The maximum absolute atomic E-state index is 13.0. The molecular formula is C22H23ClN4O3S. The van der Waals surface area contributed by atoms with Gasteiger partial charge in [-0.1, -0.05) is 36.2 Å². The Hall–Kier alpha value is -2.68. The van der Waals surface area contributed by atoms with Crippen LogP contribution < -0.4 is 5.32 Å². The Morgan fingerprint density at radius 2 is 1.77 bits per heavy atom. The van der Waals surface area contributed by atoms with Crippen molar-refractivity contribution in [3.63, 3.8) is 0 Å². The number of rotatable bonds is 5. The van der Waals surface area contributed by atoms with Crippen molar-refractivity contribution in [2.75, 3.05) is 18.4 Å². The standard InChI is InChI=1S/C22H23ClN4O3S/c1-16-19(15-24-27(16)18-8-4-2-5-9-18)22(28)25-17-10-11-20(23)21(14-17)31(29,30)26-12-6-3-7-13-26/h2,4-5,8-11,14-15H,3,6-7,12-13H2,1H3,(H,25,28). The van der Waals surface area contributed by atoms with Crippen molar-refractivity contribution in [3.05, 3.63) is 71.0 Å². The Morgan fingerprint density at radius 3 is 2.48 bits per heavy atom. The van der Waals surface area contributed by atoms with Crippen LogP contribution in [-0.2, 0) is 10.0 Å². The third-order valence-corrected chi connectivity index (χ3v) is 7.76. The van der Waals surface area contributed by atoms with Gasteiger partial charge >= 0.3 is 0 Å². The molecule has 1 aliphatic rings. The predicted octanol–water partition coefficient (Wildman–Crippen LogP) is 4.26. The zero-order valence-electron chi connectivity index (χ0n) is 17.1. The first-order valence-electron chi connectivity index (χ1n) is 10.1. The lowest BCUT2D eigenvalue weighted by Gasteiger charge is -2.26. The first-order chi connectivity index (χ1) is 14.9. The number of anilines is 1. The van der Waals surface area contributed by atoms with E-state index in [0.29, 0.717) is 30.0 Å². The summed E-state index contributed by atoms with van der Waals surface area (Å²) in [7, 11) is -3.72. The monoisotopic (exact) mass is 458 g/mol. The number of carbonyl (C=O) groups is 1. The molecule has 162 valence electrons. The molecule has 1 N–H and O–H groups in total. The van der Waals surface area contributed by atoms with Crippen LogP contribution in [0.25, 0.3) is 5.69 Å². The Bertz CT molecular complexity index is 1200. The second-order valence-electron chi connectivity index (χ2n) is 7.46. The summed E-state index contributed by atoms with van der Waals surface area (Å²) >= 11 is 6.22. The molecule has 3 aromatic rings. The summed E-state index contributed by atoms with van der Waals surface area (Å²) in [5.41, 5.74) is 2.29. The van der Waals surface area contributed by atoms with Crippen molar-refractivity contribution in [3.8, 4) is 5.69 Å². The van der Waals surface area contributed by atoms with E-state index in [-0.39, 0.29) is 15.8 Å². The fraction of sp³-hybridized carbons (Fsp3) is 0.273. The minimum atomic E-state index is -3.72. The van der Waals surface area contributed by atoms with Crippen LogP contribution in [0.1, 0.15) is 35.3 Å². The second-order valence-corrected chi connectivity index (χ2v) is 9.77. The summed E-state index contributed by atoms with van der Waals surface area (Å²) in [4.78, 5) is 12.9. The molecule has 2 aromatic carbocycles. The van der Waals surface area contributed by atoms with E-state index >= 15 is 0 Å². The number of piperidine rings is 1. The summed E-state index contributed by atoms with van der Waals surface area (Å²) < 4.78 is 29.2. The van der Waals surface area contributed by atoms with E-state index in [1.807, 2.05) is 37.3 Å². The van der Waals surface area contributed by atoms with Crippen LogP contribution in [-0.4, -0.2) is 41.5 Å². The van der Waals surface area contributed by atoms with Crippen molar-refractivity contribution < 1.29 is 13.2 Å². The molecule has 1 amide bonds. The largest absolute Gasteiger partial charge is 0.322 e. The molecule has 2 heterocycles. The lowest BCUT2D eigenvalue weighted by Crippen LogP contribution is -2.35. The van der Waals surface area contributed by atoms with Gasteiger partial charge in [0.25, 0.3) is 5.91 Å². The van der Waals surface area contributed by atoms with Crippen LogP contribution in [0.2, 0.25) is 5.02 Å². The lowest BCUT2D eigenvalue weighted by atomic mass is 10.2. The quantitative estimate of drug-likeness (QED) is 0.619. The third-order valence-electron chi connectivity index (χ3n) is 5.38. The molecular weight excluding hydrogens is 436 g/mol. The average molecular weight is 459 g/mol. The number of carbonyl (C=O) groups excluding carboxylic acids is 1. The summed E-state index contributed by atoms with van der Waals surface area (Å²) in [6, 6.07) is 14.0. The van der Waals surface area contributed by atoms with Gasteiger partial charge in [-0.2, -0.15) is 9.40 Å². The SMILES string of the molecule is Cc1c(C(=O)Nc2ccc(Cl)c(S(=O)(=O)N3CCCCC3)c2)cnn1-c1ccccc1. The Balaban J connectivity index is 1.59. The number of sulfonamides is 1. The predicted molar refractivity (Wildman–Crippen MR) is 120 cm³/mol. The van der Waals surface area contributed by atoms with Crippen molar-refractivity contribution in [2.45, 2.75) is 31.1 Å². The lowest BCUT2D eigenvalue weighted by molar-refractivity contribution is 0.102. The van der Waals surface area contributed by atoms with Gasteiger partial charge in [-0.15, -0.1) is 0 Å². The van der Waals surface area contributed by atoms with Crippen molar-refractivity contribution >= 4 is 33.2 Å². The topological polar surface area (TPSA) is 84.3 Å². The number of nitrogens with zero attached hydrogens (tertiary/aromatic N) is 3. The van der Waals surface area contributed by atoms with Gasteiger partial charge in [0.05, 0.1) is 28.2 Å². The zero-order chi connectivity index (χ0) is 22.0. The number of halogens is 1. The molecule has 0 aliphatic carbocycles. The normalized spacial score (nSPS) is 15.0. The summed E-state index contributed by atoms with van der Waals surface area (Å²) in [6.07, 6.45) is 4.18. The van der Waals surface area contributed by atoms with E-state index in [1.54, 1.807) is 10.7 Å². The fourth-order valence-electron chi connectivity index (χ4n) is 3.68. The van der Waals surface area contributed by atoms with Gasteiger partial charge in [-0.25, -0.2) is 13.1 Å². The average Bonchev–Trinajstić information content (AvgIpc) is 3.17. The van der Waals surface area contributed by atoms with Gasteiger partial charge in [0.2, 0.25) is 10.0 Å². The summed E-state index contributed by atoms with van der Waals surface area (Å²) in [5, 5.41) is 7.22. The van der Waals surface area contributed by atoms with Crippen LogP contribution in [0, 0.1) is 6.92 Å². The molecule has 0 saturated carbocycles. The van der Waals surface area contributed by atoms with E-state index in [9.17, 15) is 13.2 Å². The van der Waals surface area contributed by atoms with Crippen molar-refractivity contribution in [2.24, 2.45) is 0 Å². The van der Waals surface area contributed by atoms with E-state index in [2.05, 4.69) is 10.4 Å². The Kier molecular flexibility index (Phi) is 6.13.